The van der Waals surface area contributed by atoms with Crippen molar-refractivity contribution in [2.75, 3.05) is 5.32 Å². The van der Waals surface area contributed by atoms with Gasteiger partial charge in [0.15, 0.2) is 0 Å². The van der Waals surface area contributed by atoms with Gasteiger partial charge in [0, 0.05) is 5.02 Å². The van der Waals surface area contributed by atoms with E-state index in [2.05, 4.69) is 15.3 Å². The average molecular weight is 340 g/mol. The second-order valence-electron chi connectivity index (χ2n) is 4.99. The summed E-state index contributed by atoms with van der Waals surface area (Å²) in [6.07, 6.45) is 3.17. The van der Waals surface area contributed by atoms with Gasteiger partial charge in [0.2, 0.25) is 5.91 Å². The highest BCUT2D eigenvalue weighted by molar-refractivity contribution is 6.31. The van der Waals surface area contributed by atoms with Crippen molar-refractivity contribution in [3.63, 3.8) is 0 Å². The highest BCUT2D eigenvalue weighted by Crippen LogP contribution is 2.18. The Labute approximate surface area is 144 Å². The quantitative estimate of drug-likeness (QED) is 0.760. The SMILES string of the molecule is O=C(Cc1ccccc1Cl)Nc1cnc(Oc2ccccc2)nc1. The number of ether oxygens (including phenoxy) is 1. The molecule has 1 heterocycles. The summed E-state index contributed by atoms with van der Waals surface area (Å²) < 4.78 is 5.50. The predicted octanol–water partition coefficient (Wildman–Crippen LogP) is 4.10. The summed E-state index contributed by atoms with van der Waals surface area (Å²) in [5, 5.41) is 3.30. The third-order valence-corrected chi connectivity index (χ3v) is 3.54. The molecular weight excluding hydrogens is 326 g/mol. The number of carbonyl (C=O) groups excluding carboxylic acids is 1. The van der Waals surface area contributed by atoms with E-state index in [0.717, 1.165) is 5.56 Å². The summed E-state index contributed by atoms with van der Waals surface area (Å²) in [5.74, 6) is 0.455. The molecule has 0 spiro atoms. The van der Waals surface area contributed by atoms with Crippen molar-refractivity contribution in [3.05, 3.63) is 77.6 Å². The van der Waals surface area contributed by atoms with Crippen molar-refractivity contribution >= 4 is 23.2 Å². The number of benzene rings is 2. The molecule has 3 aromatic rings. The van der Waals surface area contributed by atoms with E-state index in [1.807, 2.05) is 48.5 Å². The number of nitrogens with one attached hydrogen (secondary N) is 1. The highest BCUT2D eigenvalue weighted by atomic mass is 35.5. The fourth-order valence-corrected chi connectivity index (χ4v) is 2.25. The van der Waals surface area contributed by atoms with Crippen molar-refractivity contribution in [2.45, 2.75) is 6.42 Å². The minimum absolute atomic E-state index is 0.182. The Kier molecular flexibility index (Phi) is 5.03. The molecule has 0 bridgehead atoms. The van der Waals surface area contributed by atoms with Gasteiger partial charge in [0.1, 0.15) is 5.75 Å². The van der Waals surface area contributed by atoms with Crippen molar-refractivity contribution in [1.82, 2.24) is 9.97 Å². The van der Waals surface area contributed by atoms with Crippen LogP contribution in [0.1, 0.15) is 5.56 Å². The lowest BCUT2D eigenvalue weighted by Crippen LogP contribution is -2.15. The Balaban J connectivity index is 1.60. The molecule has 0 aliphatic heterocycles. The lowest BCUT2D eigenvalue weighted by molar-refractivity contribution is -0.115. The van der Waals surface area contributed by atoms with Gasteiger partial charge in [-0.15, -0.1) is 0 Å². The molecule has 1 aromatic heterocycles. The standard InChI is InChI=1S/C18H14ClN3O2/c19-16-9-5-4-6-13(16)10-17(23)22-14-11-20-18(21-12-14)24-15-7-2-1-3-8-15/h1-9,11-12H,10H2,(H,22,23). The maximum absolute atomic E-state index is 12.1. The van der Waals surface area contributed by atoms with Crippen LogP contribution in [0.4, 0.5) is 5.69 Å². The van der Waals surface area contributed by atoms with Crippen molar-refractivity contribution < 1.29 is 9.53 Å². The van der Waals surface area contributed by atoms with E-state index in [9.17, 15) is 4.79 Å². The van der Waals surface area contributed by atoms with Crippen LogP contribution in [0.3, 0.4) is 0 Å². The number of nitrogens with zero attached hydrogens (tertiary/aromatic N) is 2. The molecule has 1 amide bonds. The van der Waals surface area contributed by atoms with E-state index >= 15 is 0 Å². The zero-order valence-corrected chi connectivity index (χ0v) is 13.4. The Bertz CT molecular complexity index is 823. The molecule has 0 saturated heterocycles. The number of rotatable bonds is 5. The summed E-state index contributed by atoms with van der Waals surface area (Å²) in [6, 6.07) is 16.7. The van der Waals surface area contributed by atoms with Gasteiger partial charge in [-0.05, 0) is 23.8 Å². The molecule has 2 aromatic carbocycles. The van der Waals surface area contributed by atoms with E-state index in [1.165, 1.54) is 12.4 Å². The fourth-order valence-electron chi connectivity index (χ4n) is 2.05. The minimum atomic E-state index is -0.191. The first-order valence-electron chi connectivity index (χ1n) is 7.29. The molecule has 0 saturated carbocycles. The van der Waals surface area contributed by atoms with Crippen LogP contribution in [0, 0.1) is 0 Å². The number of carbonyl (C=O) groups is 1. The number of amides is 1. The molecule has 0 aliphatic carbocycles. The normalized spacial score (nSPS) is 10.2. The van der Waals surface area contributed by atoms with Gasteiger partial charge in [-0.1, -0.05) is 48.0 Å². The van der Waals surface area contributed by atoms with Crippen LogP contribution in [0.2, 0.25) is 5.02 Å². The number of hydrogen-bond donors (Lipinski definition) is 1. The second kappa shape index (κ2) is 7.57. The van der Waals surface area contributed by atoms with Crippen LogP contribution in [0.25, 0.3) is 0 Å². The van der Waals surface area contributed by atoms with E-state index < -0.39 is 0 Å². The first-order chi connectivity index (χ1) is 11.7. The minimum Gasteiger partial charge on any atom is -0.424 e. The zero-order chi connectivity index (χ0) is 16.8. The monoisotopic (exact) mass is 339 g/mol. The highest BCUT2D eigenvalue weighted by Gasteiger charge is 2.08. The number of aromatic nitrogens is 2. The number of anilines is 1. The predicted molar refractivity (Wildman–Crippen MR) is 92.3 cm³/mol. The van der Waals surface area contributed by atoms with E-state index in [0.29, 0.717) is 16.5 Å². The molecule has 0 fully saturated rings. The first kappa shape index (κ1) is 16.0. The zero-order valence-electron chi connectivity index (χ0n) is 12.6. The molecule has 24 heavy (non-hydrogen) atoms. The molecule has 0 aliphatic rings. The summed E-state index contributed by atoms with van der Waals surface area (Å²) in [6.45, 7) is 0. The molecule has 6 heteroatoms. The summed E-state index contributed by atoms with van der Waals surface area (Å²) in [4.78, 5) is 20.2. The molecular formula is C18H14ClN3O2. The summed E-state index contributed by atoms with van der Waals surface area (Å²) >= 11 is 6.05. The van der Waals surface area contributed by atoms with Crippen LogP contribution in [-0.4, -0.2) is 15.9 Å². The van der Waals surface area contributed by atoms with Crippen LogP contribution in [0.5, 0.6) is 11.8 Å². The third-order valence-electron chi connectivity index (χ3n) is 3.17. The van der Waals surface area contributed by atoms with Crippen molar-refractivity contribution in [3.8, 4) is 11.8 Å². The lowest BCUT2D eigenvalue weighted by Gasteiger charge is -2.07. The Morgan fingerprint density at radius 2 is 1.67 bits per heavy atom. The van der Waals surface area contributed by atoms with Gasteiger partial charge in [-0.2, -0.15) is 0 Å². The lowest BCUT2D eigenvalue weighted by atomic mass is 10.1. The smallest absolute Gasteiger partial charge is 0.322 e. The van der Waals surface area contributed by atoms with Crippen LogP contribution >= 0.6 is 11.6 Å². The molecule has 5 nitrogen and oxygen atoms in total. The largest absolute Gasteiger partial charge is 0.424 e. The molecule has 0 unspecified atom stereocenters. The molecule has 0 radical (unpaired) electrons. The van der Waals surface area contributed by atoms with Gasteiger partial charge < -0.3 is 10.1 Å². The molecule has 1 N–H and O–H groups in total. The second-order valence-corrected chi connectivity index (χ2v) is 5.39. The van der Waals surface area contributed by atoms with Gasteiger partial charge in [0.05, 0.1) is 24.5 Å². The Morgan fingerprint density at radius 1 is 1.00 bits per heavy atom. The average Bonchev–Trinajstić information content (AvgIpc) is 2.60. The van der Waals surface area contributed by atoms with E-state index in [1.54, 1.807) is 6.07 Å². The number of para-hydroxylation sites is 1. The molecule has 0 atom stereocenters. The maximum atomic E-state index is 12.1. The van der Waals surface area contributed by atoms with Crippen LogP contribution in [0.15, 0.2) is 67.0 Å². The van der Waals surface area contributed by atoms with Crippen molar-refractivity contribution in [2.24, 2.45) is 0 Å². The van der Waals surface area contributed by atoms with Gasteiger partial charge in [-0.3, -0.25) is 4.79 Å². The maximum Gasteiger partial charge on any atom is 0.322 e. The number of halogens is 1. The van der Waals surface area contributed by atoms with Crippen molar-refractivity contribution in [1.29, 1.82) is 0 Å². The van der Waals surface area contributed by atoms with Gasteiger partial charge >= 0.3 is 6.01 Å². The third kappa shape index (κ3) is 4.30. The van der Waals surface area contributed by atoms with Gasteiger partial charge in [-0.25, -0.2) is 9.97 Å². The number of hydrogen-bond acceptors (Lipinski definition) is 4. The van der Waals surface area contributed by atoms with Crippen LogP contribution in [-0.2, 0) is 11.2 Å². The Morgan fingerprint density at radius 3 is 2.38 bits per heavy atom. The summed E-state index contributed by atoms with van der Waals surface area (Å²) in [5.41, 5.74) is 1.26. The van der Waals surface area contributed by atoms with Gasteiger partial charge in [0.25, 0.3) is 0 Å². The van der Waals surface area contributed by atoms with E-state index in [4.69, 9.17) is 16.3 Å². The summed E-state index contributed by atoms with van der Waals surface area (Å²) in [7, 11) is 0. The Hall–Kier alpha value is -2.92. The van der Waals surface area contributed by atoms with Crippen LogP contribution < -0.4 is 10.1 Å². The first-order valence-corrected chi connectivity index (χ1v) is 7.67. The topological polar surface area (TPSA) is 64.1 Å². The molecule has 120 valence electrons. The van der Waals surface area contributed by atoms with E-state index in [-0.39, 0.29) is 18.3 Å². The fraction of sp³-hybridized carbons (Fsp3) is 0.0556. The molecule has 3 rings (SSSR count).